The number of furan rings is 1. The number of aryl methyl sites for hydroxylation is 1. The average Bonchev–Trinajstić information content (AvgIpc) is 3.22. The number of fused-ring (bicyclic) bond motifs is 1. The summed E-state index contributed by atoms with van der Waals surface area (Å²) in [4.78, 5) is 19.8. The van der Waals surface area contributed by atoms with E-state index >= 15 is 0 Å². The highest BCUT2D eigenvalue weighted by molar-refractivity contribution is 6.13. The van der Waals surface area contributed by atoms with E-state index in [2.05, 4.69) is 10.3 Å². The molecule has 4 rings (SSSR count). The van der Waals surface area contributed by atoms with Crippen LogP contribution >= 0.6 is 0 Å². The van der Waals surface area contributed by atoms with Gasteiger partial charge >= 0.3 is 0 Å². The lowest BCUT2D eigenvalue weighted by atomic mass is 10.0. The molecule has 0 aliphatic rings. The lowest BCUT2D eigenvalue weighted by Crippen LogP contribution is -2.13. The van der Waals surface area contributed by atoms with E-state index in [4.69, 9.17) is 4.42 Å². The van der Waals surface area contributed by atoms with E-state index in [-0.39, 0.29) is 5.91 Å². The van der Waals surface area contributed by atoms with Crippen molar-refractivity contribution in [3.8, 4) is 11.5 Å². The van der Waals surface area contributed by atoms with Gasteiger partial charge in [0.05, 0.1) is 17.3 Å². The minimum absolute atomic E-state index is 0.177. The number of amides is 1. The van der Waals surface area contributed by atoms with Gasteiger partial charge in [-0.05, 0) is 61.5 Å². The van der Waals surface area contributed by atoms with E-state index in [1.807, 2.05) is 80.5 Å². The molecule has 0 unspecified atom stereocenters. The lowest BCUT2D eigenvalue weighted by Gasteiger charge is -2.14. The summed E-state index contributed by atoms with van der Waals surface area (Å²) in [6, 6.07) is 19.1. The molecule has 1 amide bonds. The second-order valence-electron chi connectivity index (χ2n) is 6.95. The number of nitrogens with zero attached hydrogens (tertiary/aromatic N) is 2. The number of pyridine rings is 1. The fourth-order valence-electron chi connectivity index (χ4n) is 3.12. The van der Waals surface area contributed by atoms with E-state index in [0.717, 1.165) is 27.8 Å². The second kappa shape index (κ2) is 7.19. The molecule has 28 heavy (non-hydrogen) atoms. The number of carbonyl (C=O) groups excluding carboxylic acids is 1. The fraction of sp³-hybridized carbons (Fsp3) is 0.130. The average molecular weight is 371 g/mol. The summed E-state index contributed by atoms with van der Waals surface area (Å²) in [5.74, 6) is 0.454. The molecule has 4 aromatic rings. The number of benzene rings is 2. The van der Waals surface area contributed by atoms with E-state index in [0.29, 0.717) is 17.0 Å². The maximum atomic E-state index is 13.1. The molecule has 2 aromatic carbocycles. The SMILES string of the molecule is Cc1ccc2nc(-c3ccco3)cc(C(=O)Nc3ccc(N(C)C)cc3)c2c1. The van der Waals surface area contributed by atoms with Crippen molar-refractivity contribution in [1.82, 2.24) is 4.98 Å². The predicted octanol–water partition coefficient (Wildman–Crippen LogP) is 5.12. The maximum Gasteiger partial charge on any atom is 0.256 e. The summed E-state index contributed by atoms with van der Waals surface area (Å²) in [5.41, 5.74) is 4.85. The molecule has 140 valence electrons. The Morgan fingerprint density at radius 1 is 1.04 bits per heavy atom. The predicted molar refractivity (Wildman–Crippen MR) is 113 cm³/mol. The van der Waals surface area contributed by atoms with Gasteiger partial charge in [0.1, 0.15) is 5.69 Å². The van der Waals surface area contributed by atoms with E-state index in [1.165, 1.54) is 0 Å². The van der Waals surface area contributed by atoms with Gasteiger partial charge in [0.15, 0.2) is 5.76 Å². The third kappa shape index (κ3) is 3.47. The topological polar surface area (TPSA) is 58.4 Å². The Balaban J connectivity index is 1.75. The first kappa shape index (κ1) is 17.8. The molecule has 0 fully saturated rings. The quantitative estimate of drug-likeness (QED) is 0.541. The van der Waals surface area contributed by atoms with Crippen molar-refractivity contribution in [2.24, 2.45) is 0 Å². The van der Waals surface area contributed by atoms with Crippen LogP contribution in [-0.2, 0) is 0 Å². The molecule has 0 saturated carbocycles. The van der Waals surface area contributed by atoms with Crippen molar-refractivity contribution in [2.75, 3.05) is 24.3 Å². The Morgan fingerprint density at radius 3 is 2.50 bits per heavy atom. The molecule has 1 N–H and O–H groups in total. The zero-order chi connectivity index (χ0) is 19.7. The zero-order valence-corrected chi connectivity index (χ0v) is 16.1. The Morgan fingerprint density at radius 2 is 1.82 bits per heavy atom. The first-order valence-corrected chi connectivity index (χ1v) is 9.05. The van der Waals surface area contributed by atoms with Crippen LogP contribution in [0.3, 0.4) is 0 Å². The van der Waals surface area contributed by atoms with Gasteiger partial charge in [-0.1, -0.05) is 11.6 Å². The van der Waals surface area contributed by atoms with Crippen LogP contribution in [0.15, 0.2) is 71.3 Å². The summed E-state index contributed by atoms with van der Waals surface area (Å²) in [5, 5.41) is 3.81. The van der Waals surface area contributed by atoms with Crippen molar-refractivity contribution in [2.45, 2.75) is 6.92 Å². The number of hydrogen-bond donors (Lipinski definition) is 1. The molecule has 0 aliphatic heterocycles. The molecular formula is C23H21N3O2. The third-order valence-electron chi connectivity index (χ3n) is 4.62. The van der Waals surface area contributed by atoms with Crippen molar-refractivity contribution in [3.63, 3.8) is 0 Å². The van der Waals surface area contributed by atoms with Crippen LogP contribution in [0.5, 0.6) is 0 Å². The first-order chi connectivity index (χ1) is 13.5. The fourth-order valence-corrected chi connectivity index (χ4v) is 3.12. The molecule has 0 saturated heterocycles. The number of rotatable bonds is 4. The molecule has 0 spiro atoms. The van der Waals surface area contributed by atoms with Gasteiger partial charge in [0.2, 0.25) is 0 Å². The Labute approximate surface area is 163 Å². The molecule has 5 heteroatoms. The van der Waals surface area contributed by atoms with Crippen molar-refractivity contribution < 1.29 is 9.21 Å². The summed E-state index contributed by atoms with van der Waals surface area (Å²) in [6.45, 7) is 2.00. The summed E-state index contributed by atoms with van der Waals surface area (Å²) in [7, 11) is 3.96. The Hall–Kier alpha value is -3.60. The van der Waals surface area contributed by atoms with Gasteiger partial charge in [-0.2, -0.15) is 0 Å². The maximum absolute atomic E-state index is 13.1. The van der Waals surface area contributed by atoms with Crippen molar-refractivity contribution in [3.05, 3.63) is 78.1 Å². The first-order valence-electron chi connectivity index (χ1n) is 9.05. The Kier molecular flexibility index (Phi) is 4.57. The molecular weight excluding hydrogens is 350 g/mol. The molecule has 2 heterocycles. The molecule has 0 atom stereocenters. The summed E-state index contributed by atoms with van der Waals surface area (Å²) in [6.07, 6.45) is 1.60. The minimum atomic E-state index is -0.177. The summed E-state index contributed by atoms with van der Waals surface area (Å²) < 4.78 is 5.48. The molecule has 5 nitrogen and oxygen atoms in total. The minimum Gasteiger partial charge on any atom is -0.463 e. The highest BCUT2D eigenvalue weighted by Crippen LogP contribution is 2.27. The largest absolute Gasteiger partial charge is 0.463 e. The number of hydrogen-bond acceptors (Lipinski definition) is 4. The van der Waals surface area contributed by atoms with Crippen LogP contribution in [0.25, 0.3) is 22.4 Å². The van der Waals surface area contributed by atoms with Crippen LogP contribution in [0.2, 0.25) is 0 Å². The molecule has 0 radical (unpaired) electrons. The standard InChI is InChI=1S/C23H21N3O2/c1-15-6-11-20-18(13-15)19(14-21(25-20)22-5-4-12-28-22)23(27)24-16-7-9-17(10-8-16)26(2)3/h4-14H,1-3H3,(H,24,27). The highest BCUT2D eigenvalue weighted by Gasteiger charge is 2.16. The normalized spacial score (nSPS) is 10.8. The van der Waals surface area contributed by atoms with Crippen molar-refractivity contribution in [1.29, 1.82) is 0 Å². The van der Waals surface area contributed by atoms with Crippen LogP contribution < -0.4 is 10.2 Å². The molecule has 2 aromatic heterocycles. The zero-order valence-electron chi connectivity index (χ0n) is 16.1. The van der Waals surface area contributed by atoms with Crippen LogP contribution in [0.1, 0.15) is 15.9 Å². The van der Waals surface area contributed by atoms with Gasteiger partial charge in [-0.25, -0.2) is 4.98 Å². The molecule has 0 bridgehead atoms. The number of anilines is 2. The van der Waals surface area contributed by atoms with E-state index in [1.54, 1.807) is 12.3 Å². The number of nitrogens with one attached hydrogen (secondary N) is 1. The lowest BCUT2D eigenvalue weighted by molar-refractivity contribution is 0.102. The highest BCUT2D eigenvalue weighted by atomic mass is 16.3. The third-order valence-corrected chi connectivity index (χ3v) is 4.62. The van der Waals surface area contributed by atoms with Gasteiger partial charge in [-0.15, -0.1) is 0 Å². The van der Waals surface area contributed by atoms with Gasteiger partial charge in [0.25, 0.3) is 5.91 Å². The van der Waals surface area contributed by atoms with Gasteiger partial charge in [-0.3, -0.25) is 4.79 Å². The monoisotopic (exact) mass is 371 g/mol. The molecule has 0 aliphatic carbocycles. The van der Waals surface area contributed by atoms with E-state index < -0.39 is 0 Å². The van der Waals surface area contributed by atoms with Crippen LogP contribution in [-0.4, -0.2) is 25.0 Å². The number of aromatic nitrogens is 1. The Bertz CT molecular complexity index is 1130. The van der Waals surface area contributed by atoms with Crippen molar-refractivity contribution >= 4 is 28.2 Å². The smallest absolute Gasteiger partial charge is 0.256 e. The van der Waals surface area contributed by atoms with Crippen LogP contribution in [0.4, 0.5) is 11.4 Å². The second-order valence-corrected chi connectivity index (χ2v) is 6.95. The van der Waals surface area contributed by atoms with Crippen LogP contribution in [0, 0.1) is 6.92 Å². The van der Waals surface area contributed by atoms with E-state index in [9.17, 15) is 4.79 Å². The van der Waals surface area contributed by atoms with Gasteiger partial charge in [0, 0.05) is 30.9 Å². The number of carbonyl (C=O) groups is 1. The summed E-state index contributed by atoms with van der Waals surface area (Å²) >= 11 is 0. The van der Waals surface area contributed by atoms with Gasteiger partial charge < -0.3 is 14.6 Å².